The van der Waals surface area contributed by atoms with E-state index in [-0.39, 0.29) is 18.4 Å². The molecule has 1 heterocycles. The molecule has 2 amide bonds. The molecule has 2 rings (SSSR count). The zero-order chi connectivity index (χ0) is 18.2. The van der Waals surface area contributed by atoms with Crippen molar-refractivity contribution in [3.8, 4) is 0 Å². The number of benzene rings is 1. The minimum absolute atomic E-state index is 0.0936. The smallest absolute Gasteiger partial charge is 0.254 e. The Labute approximate surface area is 146 Å². The van der Waals surface area contributed by atoms with Crippen molar-refractivity contribution in [2.45, 2.75) is 20.3 Å². The second kappa shape index (κ2) is 8.98. The highest BCUT2D eigenvalue weighted by molar-refractivity contribution is 5.99. The summed E-state index contributed by atoms with van der Waals surface area (Å²) in [6, 6.07) is 9.00. The number of nitrogens with zero attached hydrogens (tertiary/aromatic N) is 2. The molecule has 0 atom stereocenters. The molecule has 7 heteroatoms. The summed E-state index contributed by atoms with van der Waals surface area (Å²) in [5.74, 6) is 0.363. The van der Waals surface area contributed by atoms with Crippen molar-refractivity contribution < 1.29 is 18.8 Å². The van der Waals surface area contributed by atoms with Crippen LogP contribution in [0.3, 0.4) is 0 Å². The van der Waals surface area contributed by atoms with Crippen LogP contribution in [0.15, 0.2) is 34.9 Å². The van der Waals surface area contributed by atoms with Gasteiger partial charge >= 0.3 is 0 Å². The van der Waals surface area contributed by atoms with Gasteiger partial charge in [0, 0.05) is 25.3 Å². The number of anilines is 1. The van der Waals surface area contributed by atoms with Crippen molar-refractivity contribution in [2.24, 2.45) is 0 Å². The number of ether oxygens (including phenoxy) is 1. The summed E-state index contributed by atoms with van der Waals surface area (Å²) in [6.07, 6.45) is 0.904. The van der Waals surface area contributed by atoms with Gasteiger partial charge in [0.1, 0.15) is 12.3 Å². The van der Waals surface area contributed by atoms with Crippen LogP contribution in [-0.2, 0) is 16.0 Å². The maximum atomic E-state index is 12.7. The van der Waals surface area contributed by atoms with Crippen molar-refractivity contribution in [1.82, 2.24) is 10.1 Å². The van der Waals surface area contributed by atoms with E-state index in [2.05, 4.69) is 17.4 Å². The number of amides is 2. The molecule has 0 spiro atoms. The highest BCUT2D eigenvalue weighted by Gasteiger charge is 2.19. The molecule has 0 aliphatic rings. The Bertz CT molecular complexity index is 709. The first-order valence-electron chi connectivity index (χ1n) is 8.13. The molecule has 25 heavy (non-hydrogen) atoms. The summed E-state index contributed by atoms with van der Waals surface area (Å²) >= 11 is 0. The molecule has 0 bridgehead atoms. The Hall–Kier alpha value is -2.67. The fourth-order valence-electron chi connectivity index (χ4n) is 2.30. The van der Waals surface area contributed by atoms with Gasteiger partial charge in [0.25, 0.3) is 5.91 Å². The average Bonchev–Trinajstić information content (AvgIpc) is 3.02. The van der Waals surface area contributed by atoms with Crippen LogP contribution in [0.25, 0.3) is 0 Å². The molecular weight excluding hydrogens is 322 g/mol. The number of aromatic nitrogens is 1. The van der Waals surface area contributed by atoms with Gasteiger partial charge in [-0.2, -0.15) is 0 Å². The first-order valence-corrected chi connectivity index (χ1v) is 8.13. The zero-order valence-electron chi connectivity index (χ0n) is 14.7. The second-order valence-electron chi connectivity index (χ2n) is 5.64. The highest BCUT2D eigenvalue weighted by atomic mass is 16.5. The molecule has 1 aromatic carbocycles. The van der Waals surface area contributed by atoms with Gasteiger partial charge in [-0.15, -0.1) is 0 Å². The largest absolute Gasteiger partial charge is 0.383 e. The van der Waals surface area contributed by atoms with E-state index >= 15 is 0 Å². The Morgan fingerprint density at radius 1 is 1.28 bits per heavy atom. The lowest BCUT2D eigenvalue weighted by atomic mass is 10.1. The van der Waals surface area contributed by atoms with Gasteiger partial charge in [0.15, 0.2) is 5.82 Å². The lowest BCUT2D eigenvalue weighted by Gasteiger charge is -2.21. The number of nitrogens with one attached hydrogen (secondary N) is 1. The first-order chi connectivity index (χ1) is 12.0. The molecule has 0 unspecified atom stereocenters. The van der Waals surface area contributed by atoms with Crippen LogP contribution in [-0.4, -0.2) is 48.7 Å². The number of methoxy groups -OCH3 is 1. The molecule has 0 aliphatic heterocycles. The number of rotatable bonds is 8. The third-order valence-electron chi connectivity index (χ3n) is 3.69. The minimum Gasteiger partial charge on any atom is -0.383 e. The summed E-state index contributed by atoms with van der Waals surface area (Å²) in [6.45, 7) is 4.35. The van der Waals surface area contributed by atoms with Gasteiger partial charge in [-0.1, -0.05) is 24.2 Å². The molecule has 0 aliphatic carbocycles. The Kier molecular flexibility index (Phi) is 6.71. The Morgan fingerprint density at radius 2 is 2.00 bits per heavy atom. The van der Waals surface area contributed by atoms with Crippen LogP contribution in [0.1, 0.15) is 28.6 Å². The topological polar surface area (TPSA) is 84.7 Å². The fourth-order valence-corrected chi connectivity index (χ4v) is 2.30. The molecule has 0 saturated carbocycles. The van der Waals surface area contributed by atoms with E-state index in [0.717, 1.165) is 12.0 Å². The van der Waals surface area contributed by atoms with Crippen LogP contribution in [0, 0.1) is 6.92 Å². The summed E-state index contributed by atoms with van der Waals surface area (Å²) in [7, 11) is 1.55. The van der Waals surface area contributed by atoms with Gasteiger partial charge in [-0.25, -0.2) is 0 Å². The Balaban J connectivity index is 2.05. The van der Waals surface area contributed by atoms with Gasteiger partial charge in [-0.3, -0.25) is 9.59 Å². The van der Waals surface area contributed by atoms with Crippen molar-refractivity contribution in [3.05, 3.63) is 47.2 Å². The standard InChI is InChI=1S/C18H23N3O4/c1-4-14-5-7-15(8-6-14)18(23)21(9-10-24-3)12-17(22)19-16-11-13(2)25-20-16/h5-8,11H,4,9-10,12H2,1-3H3,(H,19,20,22). The molecule has 0 saturated heterocycles. The molecule has 0 radical (unpaired) electrons. The summed E-state index contributed by atoms with van der Waals surface area (Å²) in [5, 5.41) is 6.33. The number of carbonyl (C=O) groups is 2. The predicted molar refractivity (Wildman–Crippen MR) is 93.5 cm³/mol. The van der Waals surface area contributed by atoms with Crippen molar-refractivity contribution in [3.63, 3.8) is 0 Å². The van der Waals surface area contributed by atoms with Crippen LogP contribution in [0.2, 0.25) is 0 Å². The fraction of sp³-hybridized carbons (Fsp3) is 0.389. The number of hydrogen-bond acceptors (Lipinski definition) is 5. The van der Waals surface area contributed by atoms with E-state index in [0.29, 0.717) is 30.3 Å². The van der Waals surface area contributed by atoms with E-state index in [4.69, 9.17) is 9.26 Å². The summed E-state index contributed by atoms with van der Waals surface area (Å²) in [4.78, 5) is 26.4. The molecule has 134 valence electrons. The summed E-state index contributed by atoms with van der Waals surface area (Å²) < 4.78 is 9.95. The first kappa shape index (κ1) is 18.7. The molecule has 1 aromatic heterocycles. The molecule has 1 N–H and O–H groups in total. The number of aryl methyl sites for hydroxylation is 2. The lowest BCUT2D eigenvalue weighted by Crippen LogP contribution is -2.40. The van der Waals surface area contributed by atoms with Crippen molar-refractivity contribution in [2.75, 3.05) is 32.1 Å². The molecule has 2 aromatic rings. The van der Waals surface area contributed by atoms with Crippen LogP contribution in [0.5, 0.6) is 0 Å². The predicted octanol–water partition coefficient (Wildman–Crippen LogP) is 2.27. The maximum Gasteiger partial charge on any atom is 0.254 e. The van der Waals surface area contributed by atoms with Gasteiger partial charge in [0.05, 0.1) is 6.61 Å². The number of hydrogen-bond donors (Lipinski definition) is 1. The zero-order valence-corrected chi connectivity index (χ0v) is 14.7. The quantitative estimate of drug-likeness (QED) is 0.793. The monoisotopic (exact) mass is 345 g/mol. The normalized spacial score (nSPS) is 10.5. The van der Waals surface area contributed by atoms with Gasteiger partial charge < -0.3 is 19.5 Å². The molecule has 0 fully saturated rings. The van der Waals surface area contributed by atoms with Crippen LogP contribution in [0.4, 0.5) is 5.82 Å². The van der Waals surface area contributed by atoms with E-state index < -0.39 is 0 Å². The van der Waals surface area contributed by atoms with Crippen molar-refractivity contribution in [1.29, 1.82) is 0 Å². The van der Waals surface area contributed by atoms with E-state index in [9.17, 15) is 9.59 Å². The third kappa shape index (κ3) is 5.42. The van der Waals surface area contributed by atoms with E-state index in [1.54, 1.807) is 32.2 Å². The van der Waals surface area contributed by atoms with E-state index in [1.807, 2.05) is 12.1 Å². The minimum atomic E-state index is -0.345. The van der Waals surface area contributed by atoms with Gasteiger partial charge in [-0.05, 0) is 31.0 Å². The van der Waals surface area contributed by atoms with E-state index in [1.165, 1.54) is 4.90 Å². The van der Waals surface area contributed by atoms with Crippen LogP contribution >= 0.6 is 0 Å². The molecular formula is C18H23N3O4. The summed E-state index contributed by atoms with van der Waals surface area (Å²) in [5.41, 5.74) is 1.69. The lowest BCUT2D eigenvalue weighted by molar-refractivity contribution is -0.117. The SMILES string of the molecule is CCc1ccc(C(=O)N(CCOC)CC(=O)Nc2cc(C)on2)cc1. The van der Waals surface area contributed by atoms with Crippen LogP contribution < -0.4 is 5.32 Å². The maximum absolute atomic E-state index is 12.7. The average molecular weight is 345 g/mol. The number of carbonyl (C=O) groups excluding carboxylic acids is 2. The Morgan fingerprint density at radius 3 is 2.56 bits per heavy atom. The highest BCUT2D eigenvalue weighted by Crippen LogP contribution is 2.10. The van der Waals surface area contributed by atoms with Gasteiger partial charge in [0.2, 0.25) is 5.91 Å². The third-order valence-corrected chi connectivity index (χ3v) is 3.69. The second-order valence-corrected chi connectivity index (χ2v) is 5.64. The van der Waals surface area contributed by atoms with Crippen molar-refractivity contribution >= 4 is 17.6 Å². The molecule has 7 nitrogen and oxygen atoms in total.